The lowest BCUT2D eigenvalue weighted by Crippen LogP contribution is -2.56. The molecule has 0 bridgehead atoms. The summed E-state index contributed by atoms with van der Waals surface area (Å²) < 4.78 is 0.293. The van der Waals surface area contributed by atoms with Gasteiger partial charge in [-0.3, -0.25) is 24.7 Å². The Morgan fingerprint density at radius 2 is 1.83 bits per heavy atom. The van der Waals surface area contributed by atoms with Gasteiger partial charge in [0.15, 0.2) is 0 Å². The van der Waals surface area contributed by atoms with Crippen LogP contribution in [0, 0.1) is 0 Å². The highest BCUT2D eigenvalue weighted by Crippen LogP contribution is 2.35. The van der Waals surface area contributed by atoms with Crippen LogP contribution in [-0.2, 0) is 14.4 Å². The van der Waals surface area contributed by atoms with Crippen molar-refractivity contribution in [2.24, 2.45) is 0 Å². The molecule has 2 saturated heterocycles. The van der Waals surface area contributed by atoms with Crippen LogP contribution in [0.1, 0.15) is 12.5 Å². The van der Waals surface area contributed by atoms with Gasteiger partial charge in [-0.25, -0.2) is 5.01 Å². The number of thiocarbonyl (C=S) groups is 1. The van der Waals surface area contributed by atoms with Crippen LogP contribution in [0.25, 0.3) is 6.08 Å². The molecule has 3 rings (SSSR count). The van der Waals surface area contributed by atoms with Gasteiger partial charge in [-0.1, -0.05) is 53.2 Å². The molecule has 0 aromatic heterocycles. The van der Waals surface area contributed by atoms with Gasteiger partial charge in [-0.05, 0) is 18.2 Å². The van der Waals surface area contributed by atoms with E-state index in [-0.39, 0.29) is 24.3 Å². The third kappa shape index (κ3) is 5.29. The number of halogens is 2. The molecule has 7 nitrogen and oxygen atoms in total. The molecule has 2 heterocycles. The van der Waals surface area contributed by atoms with Crippen LogP contribution in [0.3, 0.4) is 0 Å². The molecule has 0 spiro atoms. The maximum Gasteiger partial charge on any atom is 0.266 e. The van der Waals surface area contributed by atoms with Gasteiger partial charge in [-0.15, -0.1) is 0 Å². The molecule has 11 heteroatoms. The Morgan fingerprint density at radius 1 is 1.21 bits per heavy atom. The second kappa shape index (κ2) is 9.44. The lowest BCUT2D eigenvalue weighted by molar-refractivity contribution is -0.134. The van der Waals surface area contributed by atoms with Crippen molar-refractivity contribution in [3.05, 3.63) is 38.7 Å². The summed E-state index contributed by atoms with van der Waals surface area (Å²) in [6.45, 7) is 3.46. The highest BCUT2D eigenvalue weighted by molar-refractivity contribution is 8.26. The van der Waals surface area contributed by atoms with E-state index in [1.165, 1.54) is 11.8 Å². The summed E-state index contributed by atoms with van der Waals surface area (Å²) in [4.78, 5) is 39.8. The van der Waals surface area contributed by atoms with E-state index in [0.29, 0.717) is 51.0 Å². The third-order valence-corrected chi connectivity index (χ3v) is 6.50. The number of hydrazine groups is 1. The van der Waals surface area contributed by atoms with E-state index in [2.05, 4.69) is 5.43 Å². The zero-order chi connectivity index (χ0) is 21.1. The second-order valence-electron chi connectivity index (χ2n) is 6.43. The van der Waals surface area contributed by atoms with Crippen LogP contribution in [0.15, 0.2) is 23.1 Å². The Balaban J connectivity index is 1.61. The van der Waals surface area contributed by atoms with Crippen LogP contribution >= 0.6 is 47.2 Å². The molecule has 0 saturated carbocycles. The standard InChI is InChI=1S/C18H18Cl2N4O3S2/c1-11(25)22-5-7-23(8-6-22)21-16(26)10-24-17(27)15(29-18(24)28)9-12-13(19)3-2-4-14(12)20/h2-4,9H,5-8,10H2,1H3,(H,21,26)/b15-9-. The molecule has 1 aromatic rings. The first-order valence-corrected chi connectivity index (χ1v) is 10.7. The summed E-state index contributed by atoms with van der Waals surface area (Å²) in [7, 11) is 0. The lowest BCUT2D eigenvalue weighted by atomic mass is 10.2. The smallest absolute Gasteiger partial charge is 0.266 e. The normalized spacial score (nSPS) is 19.2. The van der Waals surface area contributed by atoms with E-state index in [1.54, 1.807) is 34.2 Å². The first kappa shape index (κ1) is 22.0. The largest absolute Gasteiger partial charge is 0.340 e. The maximum absolute atomic E-state index is 12.7. The molecule has 1 aromatic carbocycles. The van der Waals surface area contributed by atoms with Crippen LogP contribution in [-0.4, -0.2) is 69.6 Å². The van der Waals surface area contributed by atoms with Crippen LogP contribution in [0.5, 0.6) is 0 Å². The Bertz CT molecular complexity index is 881. The summed E-state index contributed by atoms with van der Waals surface area (Å²) in [6.07, 6.45) is 1.59. The minimum absolute atomic E-state index is 0.0129. The van der Waals surface area contributed by atoms with Gasteiger partial charge in [0.1, 0.15) is 10.9 Å². The van der Waals surface area contributed by atoms with Crippen molar-refractivity contribution >= 4 is 75.3 Å². The van der Waals surface area contributed by atoms with Crippen molar-refractivity contribution in [2.45, 2.75) is 6.92 Å². The zero-order valence-corrected chi connectivity index (χ0v) is 18.6. The highest BCUT2D eigenvalue weighted by Gasteiger charge is 2.34. The first-order valence-electron chi connectivity index (χ1n) is 8.75. The fraction of sp³-hybridized carbons (Fsp3) is 0.333. The molecule has 0 atom stereocenters. The van der Waals surface area contributed by atoms with E-state index in [1.807, 2.05) is 0 Å². The summed E-state index contributed by atoms with van der Waals surface area (Å²) >= 11 is 18.7. The van der Waals surface area contributed by atoms with Crippen LogP contribution in [0.4, 0.5) is 0 Å². The maximum atomic E-state index is 12.7. The van der Waals surface area contributed by atoms with Gasteiger partial charge in [-0.2, -0.15) is 0 Å². The van der Waals surface area contributed by atoms with E-state index in [4.69, 9.17) is 35.4 Å². The van der Waals surface area contributed by atoms with Gasteiger partial charge in [0, 0.05) is 48.7 Å². The predicted molar refractivity (Wildman–Crippen MR) is 118 cm³/mol. The topological polar surface area (TPSA) is 73.0 Å². The molecule has 0 radical (unpaired) electrons. The zero-order valence-electron chi connectivity index (χ0n) is 15.5. The minimum atomic E-state index is -0.368. The molecular formula is C18H18Cl2N4O3S2. The number of hydrogen-bond donors (Lipinski definition) is 1. The summed E-state index contributed by atoms with van der Waals surface area (Å²) in [5.74, 6) is -0.707. The SMILES string of the molecule is CC(=O)N1CCN(NC(=O)CN2C(=O)/C(=C/c3c(Cl)cccc3Cl)SC2=S)CC1. The second-order valence-corrected chi connectivity index (χ2v) is 8.92. The van der Waals surface area contributed by atoms with Gasteiger partial charge in [0.05, 0.1) is 4.91 Å². The number of thioether (sulfide) groups is 1. The number of carbonyl (C=O) groups excluding carboxylic acids is 3. The molecule has 29 heavy (non-hydrogen) atoms. The quantitative estimate of drug-likeness (QED) is 0.535. The van der Waals surface area contributed by atoms with Gasteiger partial charge < -0.3 is 4.90 Å². The number of nitrogens with zero attached hydrogens (tertiary/aromatic N) is 3. The average Bonchev–Trinajstić information content (AvgIpc) is 2.92. The first-order chi connectivity index (χ1) is 13.8. The molecule has 0 aliphatic carbocycles. The molecule has 3 amide bonds. The van der Waals surface area contributed by atoms with Gasteiger partial charge in [0.2, 0.25) is 5.91 Å². The average molecular weight is 473 g/mol. The number of rotatable bonds is 4. The molecule has 2 aliphatic rings. The van der Waals surface area contributed by atoms with Gasteiger partial charge >= 0.3 is 0 Å². The van der Waals surface area contributed by atoms with Crippen molar-refractivity contribution in [1.82, 2.24) is 20.2 Å². The Morgan fingerprint density at radius 3 is 2.41 bits per heavy atom. The monoisotopic (exact) mass is 472 g/mol. The number of hydrogen-bond acceptors (Lipinski definition) is 6. The minimum Gasteiger partial charge on any atom is -0.340 e. The third-order valence-electron chi connectivity index (χ3n) is 4.46. The summed E-state index contributed by atoms with van der Waals surface area (Å²) in [5.41, 5.74) is 3.29. The highest BCUT2D eigenvalue weighted by atomic mass is 35.5. The van der Waals surface area contributed by atoms with Crippen molar-refractivity contribution in [1.29, 1.82) is 0 Å². The number of nitrogens with one attached hydrogen (secondary N) is 1. The van der Waals surface area contributed by atoms with E-state index < -0.39 is 0 Å². The molecule has 0 unspecified atom stereocenters. The Labute approximate surface area is 187 Å². The Kier molecular flexibility index (Phi) is 7.18. The molecule has 1 N–H and O–H groups in total. The number of benzene rings is 1. The van der Waals surface area contributed by atoms with Crippen molar-refractivity contribution < 1.29 is 14.4 Å². The predicted octanol–water partition coefficient (Wildman–Crippen LogP) is 2.39. The van der Waals surface area contributed by atoms with Crippen molar-refractivity contribution in [3.8, 4) is 0 Å². The summed E-state index contributed by atoms with van der Waals surface area (Å²) in [5, 5.41) is 2.58. The Hall–Kier alpha value is -1.65. The number of piperazine rings is 1. The van der Waals surface area contributed by atoms with Gasteiger partial charge in [0.25, 0.3) is 11.8 Å². The lowest BCUT2D eigenvalue weighted by Gasteiger charge is -2.34. The van der Waals surface area contributed by atoms with Crippen molar-refractivity contribution in [3.63, 3.8) is 0 Å². The van der Waals surface area contributed by atoms with Crippen molar-refractivity contribution in [2.75, 3.05) is 32.7 Å². The fourth-order valence-electron chi connectivity index (χ4n) is 2.90. The van der Waals surface area contributed by atoms with E-state index >= 15 is 0 Å². The van der Waals surface area contributed by atoms with Crippen LogP contribution in [0.2, 0.25) is 10.0 Å². The molecule has 2 aliphatic heterocycles. The number of carbonyl (C=O) groups is 3. The van der Waals surface area contributed by atoms with Crippen LogP contribution < -0.4 is 5.43 Å². The van der Waals surface area contributed by atoms with E-state index in [0.717, 1.165) is 11.8 Å². The molecule has 154 valence electrons. The van der Waals surface area contributed by atoms with E-state index in [9.17, 15) is 14.4 Å². The molecule has 2 fully saturated rings. The summed E-state index contributed by atoms with van der Waals surface area (Å²) in [6, 6.07) is 5.08. The molecular weight excluding hydrogens is 455 g/mol. The number of amides is 3. The fourth-order valence-corrected chi connectivity index (χ4v) is 4.65.